The molecule has 0 aliphatic carbocycles. The molecule has 1 rings (SSSR count). The molecule has 1 heterocycles. The van der Waals surface area contributed by atoms with Gasteiger partial charge in [0.15, 0.2) is 5.91 Å². The van der Waals surface area contributed by atoms with Crippen LogP contribution in [0.4, 0.5) is 0 Å². The molecule has 0 bridgehead atoms. The number of carbonyl (C=O) groups is 3. The van der Waals surface area contributed by atoms with E-state index in [9.17, 15) is 14.4 Å². The van der Waals surface area contributed by atoms with Gasteiger partial charge in [-0.15, -0.1) is 43.5 Å². The molecule has 0 aromatic rings. The average Bonchev–Trinajstić information content (AvgIpc) is 2.37. The van der Waals surface area contributed by atoms with Gasteiger partial charge in [0.2, 0.25) is 0 Å². The molecular weight excluding hydrogens is 531 g/mol. The van der Waals surface area contributed by atoms with E-state index < -0.39 is 23.8 Å². The van der Waals surface area contributed by atoms with E-state index in [-0.39, 0.29) is 79.0 Å². The number of rotatable bonds is 5. The van der Waals surface area contributed by atoms with Crippen molar-refractivity contribution in [1.29, 1.82) is 0 Å². The number of nitrogens with one attached hydrogen (secondary N) is 1. The number of hydrogen-bond acceptors (Lipinski definition) is 3. The average molecular weight is 549 g/mol. The third-order valence-electron chi connectivity index (χ3n) is 2.37. The third kappa shape index (κ3) is 8.70. The van der Waals surface area contributed by atoms with E-state index in [1.54, 1.807) is 0 Å². The van der Waals surface area contributed by atoms with Gasteiger partial charge in [-0.1, -0.05) is 13.0 Å². The van der Waals surface area contributed by atoms with Crippen molar-refractivity contribution < 1.29 is 67.5 Å². The zero-order valence-corrected chi connectivity index (χ0v) is 16.9. The Labute approximate surface area is 170 Å². The molecule has 1 saturated heterocycles. The number of nitrogens with zero attached hydrogens (tertiary/aromatic N) is 1. The summed E-state index contributed by atoms with van der Waals surface area (Å²) in [5.74, 6) is -1.54. The molecule has 1 fully saturated rings. The first kappa shape index (κ1) is 26.2. The predicted octanol–water partition coefficient (Wildman–Crippen LogP) is 1.98. The maximum atomic E-state index is 11.9. The van der Waals surface area contributed by atoms with Crippen molar-refractivity contribution in [1.82, 2.24) is 5.32 Å². The summed E-state index contributed by atoms with van der Waals surface area (Å²) in [5.41, 5.74) is 0.222. The van der Waals surface area contributed by atoms with Crippen molar-refractivity contribution in [2.24, 2.45) is 0 Å². The summed E-state index contributed by atoms with van der Waals surface area (Å²) in [7, 11) is 0. The molecule has 3 amide bonds. The quantitative estimate of drug-likeness (QED) is 0.247. The molecule has 1 aliphatic rings. The SMILES string of the molecule is C.C=CC=[C-]/C(=C\C=C)C(=O)NC1CCC(=O)[N-]C1=O.[Re].[Y]. The van der Waals surface area contributed by atoms with E-state index in [4.69, 9.17) is 0 Å². The standard InChI is InChI=1S/C14H15N2O3.CH4.Re.Y/c1-3-5-7-10(6-4-2)13(18)15-11-8-9-12(17)16-14(11)19;;;/h3-6,11H,1-2,8-9H2,(H2,15,16,17,18,19);1H4;;/q-1;;;/p-1/b10-6+;;;. The molecule has 1 atom stereocenters. The van der Waals surface area contributed by atoms with Crippen molar-refractivity contribution in [3.8, 4) is 0 Å². The molecule has 118 valence electrons. The predicted molar refractivity (Wildman–Crippen MR) is 77.6 cm³/mol. The van der Waals surface area contributed by atoms with Crippen molar-refractivity contribution >= 4 is 17.7 Å². The second-order valence-electron chi connectivity index (χ2n) is 3.77. The molecule has 0 aromatic heterocycles. The van der Waals surface area contributed by atoms with Crippen LogP contribution >= 0.6 is 0 Å². The van der Waals surface area contributed by atoms with E-state index in [1.165, 1.54) is 24.3 Å². The molecule has 0 aromatic carbocycles. The van der Waals surface area contributed by atoms with Crippen molar-refractivity contribution in [3.05, 3.63) is 54.4 Å². The van der Waals surface area contributed by atoms with Crippen LogP contribution in [0.5, 0.6) is 0 Å². The van der Waals surface area contributed by atoms with Gasteiger partial charge < -0.3 is 25.0 Å². The molecule has 22 heavy (non-hydrogen) atoms. The van der Waals surface area contributed by atoms with Crippen LogP contribution in [0.3, 0.4) is 0 Å². The van der Waals surface area contributed by atoms with E-state index >= 15 is 0 Å². The molecule has 0 saturated carbocycles. The Balaban J connectivity index is -0.00000120. The second kappa shape index (κ2) is 14.0. The normalized spacial score (nSPS) is 17.3. The Hall–Kier alpha value is -0.664. The van der Waals surface area contributed by atoms with Crippen LogP contribution in [0.25, 0.3) is 5.32 Å². The van der Waals surface area contributed by atoms with Crippen LogP contribution in [0, 0.1) is 6.08 Å². The van der Waals surface area contributed by atoms with E-state index in [1.807, 2.05) is 0 Å². The fourth-order valence-corrected chi connectivity index (χ4v) is 1.47. The second-order valence-corrected chi connectivity index (χ2v) is 3.77. The number of carbonyl (C=O) groups excluding carboxylic acids is 3. The zero-order chi connectivity index (χ0) is 14.3. The number of amides is 3. The molecule has 1 aliphatic heterocycles. The first-order valence-corrected chi connectivity index (χ1v) is 5.71. The van der Waals surface area contributed by atoms with Gasteiger partial charge in [0.1, 0.15) is 0 Å². The Kier molecular flexibility index (Phi) is 16.7. The topological polar surface area (TPSA) is 77.3 Å². The molecule has 5 nitrogen and oxygen atoms in total. The Morgan fingerprint density at radius 2 is 1.95 bits per heavy atom. The summed E-state index contributed by atoms with van der Waals surface area (Å²) < 4.78 is 0. The van der Waals surface area contributed by atoms with Gasteiger partial charge in [-0.05, 0) is 12.8 Å². The molecule has 2 radical (unpaired) electrons. The summed E-state index contributed by atoms with van der Waals surface area (Å²) in [4.78, 5) is 34.3. The zero-order valence-electron chi connectivity index (χ0n) is 11.3. The Bertz CT molecular complexity index is 487. The van der Waals surface area contributed by atoms with Crippen molar-refractivity contribution in [2.75, 3.05) is 0 Å². The summed E-state index contributed by atoms with van der Waals surface area (Å²) in [6.07, 6.45) is 8.99. The van der Waals surface area contributed by atoms with E-state index in [0.717, 1.165) is 0 Å². The van der Waals surface area contributed by atoms with Crippen LogP contribution in [-0.2, 0) is 67.5 Å². The Morgan fingerprint density at radius 1 is 1.32 bits per heavy atom. The van der Waals surface area contributed by atoms with Crippen LogP contribution < -0.4 is 5.32 Å². The van der Waals surface area contributed by atoms with E-state index in [2.05, 4.69) is 29.9 Å². The fourth-order valence-electron chi connectivity index (χ4n) is 1.47. The van der Waals surface area contributed by atoms with Gasteiger partial charge in [-0.25, -0.2) is 0 Å². The summed E-state index contributed by atoms with van der Waals surface area (Å²) >= 11 is 0. The van der Waals surface area contributed by atoms with Gasteiger partial charge in [0.25, 0.3) is 0 Å². The van der Waals surface area contributed by atoms with Gasteiger partial charge in [-0.2, -0.15) is 0 Å². The number of hydrogen-bond donors (Lipinski definition) is 1. The largest absolute Gasteiger partial charge is 0.594 e. The molecule has 1 unspecified atom stereocenters. The smallest absolute Gasteiger partial charge is 0.165 e. The summed E-state index contributed by atoms with van der Waals surface area (Å²) in [6.45, 7) is 6.98. The maximum absolute atomic E-state index is 11.9. The van der Waals surface area contributed by atoms with Crippen molar-refractivity contribution in [3.63, 3.8) is 0 Å². The minimum Gasteiger partial charge on any atom is -0.594 e. The summed E-state index contributed by atoms with van der Waals surface area (Å²) in [6, 6.07) is -0.760. The number of allylic oxidation sites excluding steroid dienone is 4. The van der Waals surface area contributed by atoms with Crippen LogP contribution in [0.2, 0.25) is 0 Å². The number of piperidine rings is 1. The Morgan fingerprint density at radius 3 is 2.45 bits per heavy atom. The third-order valence-corrected chi connectivity index (χ3v) is 2.37. The summed E-state index contributed by atoms with van der Waals surface area (Å²) in [5, 5.41) is 5.82. The fraction of sp³-hybridized carbons (Fsp3) is 0.267. The van der Waals surface area contributed by atoms with Crippen molar-refractivity contribution in [2.45, 2.75) is 26.3 Å². The first-order chi connectivity index (χ1) is 9.08. The van der Waals surface area contributed by atoms with Gasteiger partial charge in [0, 0.05) is 53.1 Å². The van der Waals surface area contributed by atoms with Gasteiger partial charge in [0.05, 0.1) is 17.9 Å². The van der Waals surface area contributed by atoms with Gasteiger partial charge in [-0.3, -0.25) is 0 Å². The van der Waals surface area contributed by atoms with E-state index in [0.29, 0.717) is 0 Å². The molecule has 1 N–H and O–H groups in total. The minimum atomic E-state index is -0.760. The number of imide groups is 1. The van der Waals surface area contributed by atoms with Crippen LogP contribution in [-0.4, -0.2) is 23.8 Å². The monoisotopic (exact) mass is 550 g/mol. The molecular formula is C15H18N2O3ReY-2. The van der Waals surface area contributed by atoms with Crippen LogP contribution in [0.15, 0.2) is 43.0 Å². The van der Waals surface area contributed by atoms with Gasteiger partial charge >= 0.3 is 0 Å². The maximum Gasteiger partial charge on any atom is 0.165 e. The van der Waals surface area contributed by atoms with Crippen LogP contribution in [0.1, 0.15) is 20.3 Å². The molecule has 0 spiro atoms. The molecule has 7 heteroatoms. The minimum absolute atomic E-state index is 0. The first-order valence-electron chi connectivity index (χ1n) is 5.71.